The van der Waals surface area contributed by atoms with Crippen LogP contribution in [-0.4, -0.2) is 33.5 Å². The lowest BCUT2D eigenvalue weighted by atomic mass is 10.2. The van der Waals surface area contributed by atoms with Gasteiger partial charge >= 0.3 is 5.97 Å². The van der Waals surface area contributed by atoms with Crippen molar-refractivity contribution >= 4 is 5.97 Å². The molecule has 0 aromatic carbocycles. The van der Waals surface area contributed by atoms with Gasteiger partial charge in [0, 0.05) is 6.42 Å². The molecule has 4 heteroatoms. The SMILES string of the molecule is CCC=CC/C=C\C[C@H](O)\C=C/C=C/C=C/[C@H](O)C/C=C\CCC(=O)O. The lowest BCUT2D eigenvalue weighted by Crippen LogP contribution is -1.99. The van der Waals surface area contributed by atoms with Gasteiger partial charge in [-0.05, 0) is 32.1 Å². The highest BCUT2D eigenvalue weighted by molar-refractivity contribution is 5.66. The topological polar surface area (TPSA) is 77.8 Å². The van der Waals surface area contributed by atoms with E-state index < -0.39 is 18.2 Å². The molecule has 0 bridgehead atoms. The van der Waals surface area contributed by atoms with Crippen LogP contribution >= 0.6 is 0 Å². The second-order valence-electron chi connectivity index (χ2n) is 5.75. The fourth-order valence-electron chi connectivity index (χ4n) is 1.90. The zero-order valence-electron chi connectivity index (χ0n) is 15.6. The van der Waals surface area contributed by atoms with Crippen molar-refractivity contribution in [2.24, 2.45) is 0 Å². The highest BCUT2D eigenvalue weighted by Gasteiger charge is 1.95. The maximum atomic E-state index is 10.3. The molecule has 0 heterocycles. The maximum Gasteiger partial charge on any atom is 0.303 e. The Bertz CT molecular complexity index is 524. The van der Waals surface area contributed by atoms with E-state index in [4.69, 9.17) is 5.11 Å². The largest absolute Gasteiger partial charge is 0.481 e. The quantitative estimate of drug-likeness (QED) is 0.315. The molecule has 26 heavy (non-hydrogen) atoms. The van der Waals surface area contributed by atoms with Crippen LogP contribution in [0.4, 0.5) is 0 Å². The van der Waals surface area contributed by atoms with E-state index in [0.29, 0.717) is 19.3 Å². The normalized spacial score (nSPS) is 15.5. The molecule has 0 aromatic heterocycles. The van der Waals surface area contributed by atoms with Crippen LogP contribution in [0.2, 0.25) is 0 Å². The summed E-state index contributed by atoms with van der Waals surface area (Å²) in [5, 5.41) is 28.0. The van der Waals surface area contributed by atoms with Gasteiger partial charge in [0.2, 0.25) is 0 Å². The first kappa shape index (κ1) is 23.8. The van der Waals surface area contributed by atoms with Gasteiger partial charge in [-0.3, -0.25) is 4.79 Å². The molecule has 0 aliphatic carbocycles. The van der Waals surface area contributed by atoms with Crippen molar-refractivity contribution in [3.63, 3.8) is 0 Å². The van der Waals surface area contributed by atoms with Gasteiger partial charge < -0.3 is 15.3 Å². The number of carboxylic acid groups (broad SMARTS) is 1. The van der Waals surface area contributed by atoms with E-state index in [0.717, 1.165) is 12.8 Å². The van der Waals surface area contributed by atoms with E-state index in [1.54, 1.807) is 48.6 Å². The lowest BCUT2D eigenvalue weighted by Gasteiger charge is -1.99. The van der Waals surface area contributed by atoms with E-state index in [2.05, 4.69) is 19.1 Å². The first-order valence-corrected chi connectivity index (χ1v) is 9.10. The molecule has 4 nitrogen and oxygen atoms in total. The molecular formula is C22H32O4. The van der Waals surface area contributed by atoms with Crippen molar-refractivity contribution < 1.29 is 20.1 Å². The van der Waals surface area contributed by atoms with Crippen LogP contribution < -0.4 is 0 Å². The maximum absolute atomic E-state index is 10.3. The van der Waals surface area contributed by atoms with E-state index in [-0.39, 0.29) is 6.42 Å². The van der Waals surface area contributed by atoms with Crippen molar-refractivity contribution in [2.45, 2.75) is 57.7 Å². The average molecular weight is 360 g/mol. The molecule has 0 aliphatic rings. The minimum atomic E-state index is -0.821. The third-order valence-corrected chi connectivity index (χ3v) is 3.29. The van der Waals surface area contributed by atoms with Gasteiger partial charge in [-0.2, -0.15) is 0 Å². The average Bonchev–Trinajstić information content (AvgIpc) is 2.60. The Labute approximate surface area is 157 Å². The van der Waals surface area contributed by atoms with Gasteiger partial charge in [-0.1, -0.05) is 79.8 Å². The molecule has 0 rings (SSSR count). The first-order chi connectivity index (χ1) is 12.6. The number of carbonyl (C=O) groups is 1. The lowest BCUT2D eigenvalue weighted by molar-refractivity contribution is -0.136. The van der Waals surface area contributed by atoms with E-state index >= 15 is 0 Å². The number of carboxylic acids is 1. The van der Waals surface area contributed by atoms with Crippen molar-refractivity contribution in [2.75, 3.05) is 0 Å². The standard InChI is InChI=1S/C22H32O4/c1-2-3-4-5-6-10-15-20(23)16-11-7-8-12-17-21(24)18-13-9-14-19-22(25)26/h3-4,6-13,16-17,20-21,23-24H,2,5,14-15,18-19H2,1H3,(H,25,26)/b4-3?,8-7+,10-6-,13-9-,16-11-,17-12+/t20-,21-/m0/s1. The predicted octanol–water partition coefficient (Wildman–Crippen LogP) is 4.49. The molecule has 0 saturated heterocycles. The number of rotatable bonds is 14. The van der Waals surface area contributed by atoms with Crippen LogP contribution in [0.15, 0.2) is 72.9 Å². The molecule has 0 unspecified atom stereocenters. The van der Waals surface area contributed by atoms with Crippen molar-refractivity contribution in [1.82, 2.24) is 0 Å². The molecular weight excluding hydrogens is 328 g/mol. The van der Waals surface area contributed by atoms with Crippen LogP contribution in [0.25, 0.3) is 0 Å². The summed E-state index contributed by atoms with van der Waals surface area (Å²) in [6.45, 7) is 2.10. The van der Waals surface area contributed by atoms with E-state index in [1.165, 1.54) is 0 Å². The van der Waals surface area contributed by atoms with Crippen molar-refractivity contribution in [1.29, 1.82) is 0 Å². The Morgan fingerprint density at radius 3 is 1.88 bits per heavy atom. The van der Waals surface area contributed by atoms with Crippen molar-refractivity contribution in [3.05, 3.63) is 72.9 Å². The monoisotopic (exact) mass is 360 g/mol. The zero-order valence-corrected chi connectivity index (χ0v) is 15.6. The van der Waals surface area contributed by atoms with E-state index in [9.17, 15) is 15.0 Å². The third-order valence-electron chi connectivity index (χ3n) is 3.29. The third kappa shape index (κ3) is 18.2. The Morgan fingerprint density at radius 1 is 0.808 bits per heavy atom. The molecule has 0 radical (unpaired) electrons. The van der Waals surface area contributed by atoms with Crippen LogP contribution in [0, 0.1) is 0 Å². The molecule has 144 valence electrons. The van der Waals surface area contributed by atoms with Gasteiger partial charge in [-0.15, -0.1) is 0 Å². The first-order valence-electron chi connectivity index (χ1n) is 9.10. The summed E-state index contributed by atoms with van der Waals surface area (Å²) in [6, 6.07) is 0. The van der Waals surface area contributed by atoms with Gasteiger partial charge in [0.1, 0.15) is 0 Å². The van der Waals surface area contributed by atoms with Crippen LogP contribution in [0.1, 0.15) is 45.4 Å². The van der Waals surface area contributed by atoms with Gasteiger partial charge in [0.15, 0.2) is 0 Å². The predicted molar refractivity (Wildman–Crippen MR) is 108 cm³/mol. The summed E-state index contributed by atoms with van der Waals surface area (Å²) >= 11 is 0. The summed E-state index contributed by atoms with van der Waals surface area (Å²) in [6.07, 6.45) is 24.7. The highest BCUT2D eigenvalue weighted by Crippen LogP contribution is 2.00. The Balaban J connectivity index is 3.91. The summed E-state index contributed by atoms with van der Waals surface area (Å²) in [7, 11) is 0. The molecule has 0 aromatic rings. The second kappa shape index (κ2) is 17.6. The fraction of sp³-hybridized carbons (Fsp3) is 0.409. The van der Waals surface area contributed by atoms with Gasteiger partial charge in [-0.25, -0.2) is 0 Å². The molecule has 0 spiro atoms. The minimum Gasteiger partial charge on any atom is -0.481 e. The van der Waals surface area contributed by atoms with Crippen LogP contribution in [-0.2, 0) is 4.79 Å². The highest BCUT2D eigenvalue weighted by atomic mass is 16.4. The summed E-state index contributed by atoms with van der Waals surface area (Å²) in [5.41, 5.74) is 0. The van der Waals surface area contributed by atoms with E-state index in [1.807, 2.05) is 12.2 Å². The minimum absolute atomic E-state index is 0.106. The number of hydrogen-bond acceptors (Lipinski definition) is 3. The number of hydrogen-bond donors (Lipinski definition) is 3. The Morgan fingerprint density at radius 2 is 1.35 bits per heavy atom. The summed E-state index contributed by atoms with van der Waals surface area (Å²) in [4.78, 5) is 10.3. The molecule has 2 atom stereocenters. The van der Waals surface area contributed by atoms with Gasteiger partial charge in [0.05, 0.1) is 12.2 Å². The smallest absolute Gasteiger partial charge is 0.303 e. The van der Waals surface area contributed by atoms with Crippen molar-refractivity contribution in [3.8, 4) is 0 Å². The van der Waals surface area contributed by atoms with Gasteiger partial charge in [0.25, 0.3) is 0 Å². The number of aliphatic carboxylic acids is 1. The second-order valence-corrected chi connectivity index (χ2v) is 5.75. The number of aliphatic hydroxyl groups excluding tert-OH is 2. The molecule has 0 fully saturated rings. The Hall–Kier alpha value is -2.17. The summed E-state index contributed by atoms with van der Waals surface area (Å²) in [5.74, 6) is -0.821. The fourth-order valence-corrected chi connectivity index (χ4v) is 1.90. The molecule has 3 N–H and O–H groups in total. The zero-order chi connectivity index (χ0) is 19.5. The molecule has 0 saturated carbocycles. The molecule has 0 aliphatic heterocycles. The summed E-state index contributed by atoms with van der Waals surface area (Å²) < 4.78 is 0. The molecule has 0 amide bonds. The van der Waals surface area contributed by atoms with Crippen LogP contribution in [0.5, 0.6) is 0 Å². The Kier molecular flexibility index (Phi) is 16.2. The number of aliphatic hydroxyl groups is 2. The van der Waals surface area contributed by atoms with Crippen LogP contribution in [0.3, 0.4) is 0 Å². The number of allylic oxidation sites excluding steroid dienone is 8.